The third-order valence-electron chi connectivity index (χ3n) is 2.81. The van der Waals surface area contributed by atoms with Crippen molar-refractivity contribution in [3.63, 3.8) is 0 Å². The van der Waals surface area contributed by atoms with Gasteiger partial charge in [0.15, 0.2) is 0 Å². The predicted octanol–water partition coefficient (Wildman–Crippen LogP) is 3.97. The number of anilines is 1. The summed E-state index contributed by atoms with van der Waals surface area (Å²) in [6.07, 6.45) is 4.75. The second kappa shape index (κ2) is 6.51. The number of hydrogen-bond acceptors (Lipinski definition) is 2. The van der Waals surface area contributed by atoms with Crippen LogP contribution in [0.2, 0.25) is 0 Å². The highest BCUT2D eigenvalue weighted by molar-refractivity contribution is 14.1. The van der Waals surface area contributed by atoms with Gasteiger partial charge in [-0.1, -0.05) is 30.4 Å². The highest BCUT2D eigenvalue weighted by Crippen LogP contribution is 2.17. The molecule has 0 atom stereocenters. The zero-order valence-electron chi connectivity index (χ0n) is 10.8. The first-order chi connectivity index (χ1) is 9.58. The van der Waals surface area contributed by atoms with Crippen LogP contribution in [0.25, 0.3) is 12.2 Å². The van der Waals surface area contributed by atoms with Gasteiger partial charge in [0.05, 0.1) is 0 Å². The van der Waals surface area contributed by atoms with Gasteiger partial charge in [-0.2, -0.15) is 0 Å². The van der Waals surface area contributed by atoms with Crippen molar-refractivity contribution < 1.29 is 9.90 Å². The van der Waals surface area contributed by atoms with Gasteiger partial charge in [0.1, 0.15) is 3.70 Å². The molecule has 1 N–H and O–H groups in total. The van der Waals surface area contributed by atoms with Gasteiger partial charge in [-0.3, -0.25) is 4.90 Å². The van der Waals surface area contributed by atoms with E-state index in [1.54, 1.807) is 18.3 Å². The Morgan fingerprint density at radius 1 is 1.25 bits per heavy atom. The van der Waals surface area contributed by atoms with Crippen molar-refractivity contribution in [2.24, 2.45) is 0 Å². The Labute approximate surface area is 130 Å². The number of carbonyl (C=O) groups is 1. The van der Waals surface area contributed by atoms with Crippen molar-refractivity contribution >= 4 is 46.5 Å². The molecule has 5 heteroatoms. The predicted molar refractivity (Wildman–Crippen MR) is 88.8 cm³/mol. The van der Waals surface area contributed by atoms with Crippen molar-refractivity contribution in [2.45, 2.75) is 0 Å². The van der Waals surface area contributed by atoms with Gasteiger partial charge >= 0.3 is 6.09 Å². The summed E-state index contributed by atoms with van der Waals surface area (Å²) < 4.78 is 0.948. The summed E-state index contributed by atoms with van der Waals surface area (Å²) in [5.41, 5.74) is 2.71. The van der Waals surface area contributed by atoms with Crippen LogP contribution in [-0.4, -0.2) is 23.2 Å². The maximum Gasteiger partial charge on any atom is 0.411 e. The Hall–Kier alpha value is -1.89. The van der Waals surface area contributed by atoms with E-state index in [0.717, 1.165) is 14.8 Å². The van der Waals surface area contributed by atoms with E-state index in [-0.39, 0.29) is 0 Å². The lowest BCUT2D eigenvalue weighted by atomic mass is 10.1. The van der Waals surface area contributed by atoms with E-state index >= 15 is 0 Å². The second-order valence-electron chi connectivity index (χ2n) is 4.15. The summed E-state index contributed by atoms with van der Waals surface area (Å²) in [5, 5.41) is 8.89. The molecule has 1 aromatic carbocycles. The van der Waals surface area contributed by atoms with E-state index < -0.39 is 6.09 Å². The smallest absolute Gasteiger partial charge is 0.411 e. The van der Waals surface area contributed by atoms with Crippen molar-refractivity contribution in [3.05, 3.63) is 57.4 Å². The normalized spacial score (nSPS) is 10.7. The Balaban J connectivity index is 2.15. The Kier molecular flexibility index (Phi) is 4.73. The zero-order chi connectivity index (χ0) is 14.5. The average molecular weight is 380 g/mol. The van der Waals surface area contributed by atoms with Crippen LogP contribution >= 0.6 is 22.6 Å². The molecule has 2 aromatic rings. The molecule has 0 saturated carbocycles. The van der Waals surface area contributed by atoms with Crippen LogP contribution in [0.3, 0.4) is 0 Å². The van der Waals surface area contributed by atoms with Crippen LogP contribution in [0.15, 0.2) is 42.6 Å². The van der Waals surface area contributed by atoms with Gasteiger partial charge in [0.2, 0.25) is 0 Å². The van der Waals surface area contributed by atoms with Gasteiger partial charge in [0.25, 0.3) is 0 Å². The lowest BCUT2D eigenvalue weighted by Gasteiger charge is -2.12. The van der Waals surface area contributed by atoms with E-state index in [1.807, 2.05) is 36.4 Å². The van der Waals surface area contributed by atoms with Crippen LogP contribution < -0.4 is 4.90 Å². The first-order valence-electron chi connectivity index (χ1n) is 5.93. The largest absolute Gasteiger partial charge is 0.465 e. The highest BCUT2D eigenvalue weighted by atomic mass is 127. The Morgan fingerprint density at radius 3 is 2.55 bits per heavy atom. The Morgan fingerprint density at radius 2 is 1.95 bits per heavy atom. The van der Waals surface area contributed by atoms with E-state index in [2.05, 4.69) is 27.6 Å². The molecule has 0 aliphatic heterocycles. The number of benzene rings is 1. The summed E-state index contributed by atoms with van der Waals surface area (Å²) >= 11 is 2.19. The minimum atomic E-state index is -0.974. The molecular formula is C15H13IN2O2. The molecule has 0 aliphatic carbocycles. The maximum atomic E-state index is 10.8. The average Bonchev–Trinajstić information content (AvgIpc) is 2.46. The molecule has 0 unspecified atom stereocenters. The molecule has 0 spiro atoms. The molecular weight excluding hydrogens is 367 g/mol. The lowest BCUT2D eigenvalue weighted by Crippen LogP contribution is -2.23. The molecule has 1 amide bonds. The molecule has 4 nitrogen and oxygen atoms in total. The standard InChI is InChI=1S/C15H13IN2O2/c1-18(15(19)20)13-8-5-11(6-9-13)4-7-12-3-2-10-17-14(12)16/h2-10H,1H3,(H,19,20)/b7-4+. The van der Waals surface area contributed by atoms with Crippen LogP contribution in [0.1, 0.15) is 11.1 Å². The van der Waals surface area contributed by atoms with Gasteiger partial charge in [0, 0.05) is 24.5 Å². The molecule has 1 aromatic heterocycles. The third-order valence-corrected chi connectivity index (χ3v) is 3.71. The van der Waals surface area contributed by atoms with Gasteiger partial charge in [-0.05, 0) is 46.4 Å². The molecule has 0 fully saturated rings. The maximum absolute atomic E-state index is 10.8. The van der Waals surface area contributed by atoms with Gasteiger partial charge in [-0.15, -0.1) is 0 Å². The zero-order valence-corrected chi connectivity index (χ0v) is 13.0. The van der Waals surface area contributed by atoms with E-state index in [0.29, 0.717) is 5.69 Å². The summed E-state index contributed by atoms with van der Waals surface area (Å²) in [7, 11) is 1.52. The molecule has 2 rings (SSSR count). The van der Waals surface area contributed by atoms with Crippen LogP contribution in [0.4, 0.5) is 10.5 Å². The molecule has 1 heterocycles. The minimum Gasteiger partial charge on any atom is -0.465 e. The molecule has 20 heavy (non-hydrogen) atoms. The lowest BCUT2D eigenvalue weighted by molar-refractivity contribution is 0.203. The van der Waals surface area contributed by atoms with Crippen LogP contribution in [0.5, 0.6) is 0 Å². The number of hydrogen-bond donors (Lipinski definition) is 1. The fourth-order valence-corrected chi connectivity index (χ4v) is 2.15. The summed E-state index contributed by atoms with van der Waals surface area (Å²) in [6.45, 7) is 0. The van der Waals surface area contributed by atoms with Crippen molar-refractivity contribution in [1.29, 1.82) is 0 Å². The molecule has 0 saturated heterocycles. The van der Waals surface area contributed by atoms with Crippen LogP contribution in [0, 0.1) is 3.70 Å². The van der Waals surface area contributed by atoms with E-state index in [4.69, 9.17) is 5.11 Å². The second-order valence-corrected chi connectivity index (χ2v) is 5.17. The molecule has 102 valence electrons. The first kappa shape index (κ1) is 14.5. The molecule has 0 aliphatic rings. The summed E-state index contributed by atoms with van der Waals surface area (Å²) in [4.78, 5) is 16.2. The van der Waals surface area contributed by atoms with Crippen LogP contribution in [-0.2, 0) is 0 Å². The van der Waals surface area contributed by atoms with Gasteiger partial charge in [-0.25, -0.2) is 9.78 Å². The number of rotatable bonds is 3. The number of aromatic nitrogens is 1. The number of amides is 1. The van der Waals surface area contributed by atoms with Crippen molar-refractivity contribution in [1.82, 2.24) is 4.98 Å². The fraction of sp³-hybridized carbons (Fsp3) is 0.0667. The fourth-order valence-electron chi connectivity index (χ4n) is 1.63. The molecule has 0 bridgehead atoms. The monoisotopic (exact) mass is 380 g/mol. The summed E-state index contributed by atoms with van der Waals surface area (Å²) in [5.74, 6) is 0. The third kappa shape index (κ3) is 3.57. The van der Waals surface area contributed by atoms with E-state index in [9.17, 15) is 4.79 Å². The summed E-state index contributed by atoms with van der Waals surface area (Å²) in [6, 6.07) is 11.2. The topological polar surface area (TPSA) is 53.4 Å². The van der Waals surface area contributed by atoms with Crippen molar-refractivity contribution in [2.75, 3.05) is 11.9 Å². The quantitative estimate of drug-likeness (QED) is 0.648. The molecule has 0 radical (unpaired) electrons. The number of pyridine rings is 1. The number of carboxylic acid groups (broad SMARTS) is 1. The Bertz CT molecular complexity index is 639. The van der Waals surface area contributed by atoms with E-state index in [1.165, 1.54) is 11.9 Å². The SMILES string of the molecule is CN(C(=O)O)c1ccc(/C=C/c2cccnc2I)cc1. The minimum absolute atomic E-state index is 0.644. The number of nitrogens with zero attached hydrogens (tertiary/aromatic N) is 2. The number of halogens is 1. The van der Waals surface area contributed by atoms with Gasteiger partial charge < -0.3 is 5.11 Å². The van der Waals surface area contributed by atoms with Crippen molar-refractivity contribution in [3.8, 4) is 0 Å². The highest BCUT2D eigenvalue weighted by Gasteiger charge is 2.06. The first-order valence-corrected chi connectivity index (χ1v) is 7.01.